The van der Waals surface area contributed by atoms with Gasteiger partial charge in [0.25, 0.3) is 0 Å². The molecule has 0 saturated carbocycles. The minimum Gasteiger partial charge on any atom is -0.309 e. The fourth-order valence-electron chi connectivity index (χ4n) is 1.93. The second-order valence-corrected chi connectivity index (χ2v) is 3.93. The quantitative estimate of drug-likeness (QED) is 0.460. The van der Waals surface area contributed by atoms with Gasteiger partial charge >= 0.3 is 0 Å². The van der Waals surface area contributed by atoms with Crippen LogP contribution in [0.3, 0.4) is 0 Å². The van der Waals surface area contributed by atoms with Crippen molar-refractivity contribution in [3.63, 3.8) is 0 Å². The Balaban J connectivity index is 2.32. The van der Waals surface area contributed by atoms with Crippen LogP contribution in [-0.4, -0.2) is 9.55 Å². The van der Waals surface area contributed by atoms with Crippen molar-refractivity contribution in [2.24, 2.45) is 5.84 Å². The maximum absolute atomic E-state index is 5.49. The summed E-state index contributed by atoms with van der Waals surface area (Å²) in [6, 6.07) is 8.11. The molecular formula is C12H18N4. The maximum atomic E-state index is 5.49. The predicted octanol–water partition coefficient (Wildman–Crippen LogP) is 2.51. The van der Waals surface area contributed by atoms with Gasteiger partial charge in [-0.1, -0.05) is 31.9 Å². The number of nitrogens with one attached hydrogen (secondary N) is 1. The van der Waals surface area contributed by atoms with Gasteiger partial charge in [0.05, 0.1) is 11.0 Å². The minimum atomic E-state index is 0.748. The summed E-state index contributed by atoms with van der Waals surface area (Å²) in [5.74, 6) is 6.23. The van der Waals surface area contributed by atoms with Gasteiger partial charge in [-0.2, -0.15) is 0 Å². The molecule has 2 aromatic rings. The lowest BCUT2D eigenvalue weighted by Crippen LogP contribution is -2.13. The highest BCUT2D eigenvalue weighted by Crippen LogP contribution is 2.19. The van der Waals surface area contributed by atoms with Crippen LogP contribution in [0.2, 0.25) is 0 Å². The SMILES string of the molecule is CCCCCn1c(NN)nc2ccccc21. The molecule has 2 rings (SSSR count). The van der Waals surface area contributed by atoms with Gasteiger partial charge in [0, 0.05) is 6.54 Å². The second-order valence-electron chi connectivity index (χ2n) is 3.93. The van der Waals surface area contributed by atoms with Crippen molar-refractivity contribution in [1.82, 2.24) is 9.55 Å². The Morgan fingerprint density at radius 3 is 2.88 bits per heavy atom. The molecular weight excluding hydrogens is 200 g/mol. The molecule has 0 saturated heterocycles. The fourth-order valence-corrected chi connectivity index (χ4v) is 1.93. The number of hydrogen-bond donors (Lipinski definition) is 2. The molecule has 0 aliphatic carbocycles. The lowest BCUT2D eigenvalue weighted by Gasteiger charge is -2.07. The predicted molar refractivity (Wildman–Crippen MR) is 67.1 cm³/mol. The average Bonchev–Trinajstić information content (AvgIpc) is 2.68. The van der Waals surface area contributed by atoms with Gasteiger partial charge in [-0.3, -0.25) is 5.43 Å². The molecule has 0 bridgehead atoms. The van der Waals surface area contributed by atoms with E-state index in [9.17, 15) is 0 Å². The number of aryl methyl sites for hydroxylation is 1. The van der Waals surface area contributed by atoms with Crippen molar-refractivity contribution in [2.45, 2.75) is 32.7 Å². The first-order valence-corrected chi connectivity index (χ1v) is 5.78. The van der Waals surface area contributed by atoms with Crippen molar-refractivity contribution >= 4 is 17.0 Å². The summed E-state index contributed by atoms with van der Waals surface area (Å²) < 4.78 is 2.14. The highest BCUT2D eigenvalue weighted by atomic mass is 15.3. The van der Waals surface area contributed by atoms with Crippen LogP contribution < -0.4 is 11.3 Å². The molecule has 1 aromatic carbocycles. The first-order valence-electron chi connectivity index (χ1n) is 5.78. The van der Waals surface area contributed by atoms with E-state index in [4.69, 9.17) is 5.84 Å². The fraction of sp³-hybridized carbons (Fsp3) is 0.417. The number of nitrogens with zero attached hydrogens (tertiary/aromatic N) is 2. The van der Waals surface area contributed by atoms with E-state index in [-0.39, 0.29) is 0 Å². The molecule has 0 fully saturated rings. The number of hydrogen-bond acceptors (Lipinski definition) is 3. The number of imidazole rings is 1. The lowest BCUT2D eigenvalue weighted by molar-refractivity contribution is 0.616. The number of fused-ring (bicyclic) bond motifs is 1. The van der Waals surface area contributed by atoms with Gasteiger partial charge in [-0.25, -0.2) is 10.8 Å². The molecule has 1 heterocycles. The molecule has 4 heteroatoms. The third kappa shape index (κ3) is 2.02. The summed E-state index contributed by atoms with van der Waals surface area (Å²) in [4.78, 5) is 4.44. The highest BCUT2D eigenvalue weighted by Gasteiger charge is 2.07. The molecule has 0 spiro atoms. The summed E-state index contributed by atoms with van der Waals surface area (Å²) in [7, 11) is 0. The smallest absolute Gasteiger partial charge is 0.218 e. The molecule has 1 aromatic heterocycles. The Morgan fingerprint density at radius 1 is 1.31 bits per heavy atom. The molecule has 4 nitrogen and oxygen atoms in total. The van der Waals surface area contributed by atoms with Crippen LogP contribution in [-0.2, 0) is 6.54 Å². The van der Waals surface area contributed by atoms with E-state index in [0.717, 1.165) is 29.9 Å². The van der Waals surface area contributed by atoms with E-state index in [1.807, 2.05) is 18.2 Å². The molecule has 0 aliphatic rings. The van der Waals surface area contributed by atoms with E-state index in [1.165, 1.54) is 12.8 Å². The van der Waals surface area contributed by atoms with Gasteiger partial charge < -0.3 is 4.57 Å². The topological polar surface area (TPSA) is 55.9 Å². The summed E-state index contributed by atoms with van der Waals surface area (Å²) in [5.41, 5.74) is 4.80. The Hall–Kier alpha value is -1.55. The largest absolute Gasteiger partial charge is 0.309 e. The molecule has 3 N–H and O–H groups in total. The van der Waals surface area contributed by atoms with Crippen molar-refractivity contribution in [1.29, 1.82) is 0 Å². The highest BCUT2D eigenvalue weighted by molar-refractivity contribution is 5.78. The van der Waals surface area contributed by atoms with Gasteiger partial charge in [-0.05, 0) is 18.6 Å². The first kappa shape index (κ1) is 11.0. The van der Waals surface area contributed by atoms with Gasteiger partial charge in [-0.15, -0.1) is 0 Å². The number of hydrazine groups is 1. The molecule has 0 atom stereocenters. The summed E-state index contributed by atoms with van der Waals surface area (Å²) in [6.45, 7) is 3.17. The van der Waals surface area contributed by atoms with Crippen LogP contribution in [0.1, 0.15) is 26.2 Å². The Labute approximate surface area is 95.4 Å². The average molecular weight is 218 g/mol. The van der Waals surface area contributed by atoms with Crippen molar-refractivity contribution in [3.8, 4) is 0 Å². The molecule has 0 radical (unpaired) electrons. The number of aromatic nitrogens is 2. The summed E-state index contributed by atoms with van der Waals surface area (Å²) >= 11 is 0. The zero-order chi connectivity index (χ0) is 11.4. The van der Waals surface area contributed by atoms with Crippen molar-refractivity contribution in [2.75, 3.05) is 5.43 Å². The number of benzene rings is 1. The molecule has 16 heavy (non-hydrogen) atoms. The van der Waals surface area contributed by atoms with Gasteiger partial charge in [0.2, 0.25) is 5.95 Å². The summed E-state index contributed by atoms with van der Waals surface area (Å²) in [5, 5.41) is 0. The van der Waals surface area contributed by atoms with E-state index >= 15 is 0 Å². The Bertz CT molecular complexity index is 461. The standard InChI is InChI=1S/C12H18N4/c1-2-3-6-9-16-11-8-5-4-7-10(11)14-12(16)15-13/h4-5,7-8H,2-3,6,9,13H2,1H3,(H,14,15). The third-order valence-electron chi connectivity index (χ3n) is 2.77. The number of rotatable bonds is 5. The van der Waals surface area contributed by atoms with Gasteiger partial charge in [0.1, 0.15) is 0 Å². The first-order chi connectivity index (χ1) is 7.86. The number of para-hydroxylation sites is 2. The van der Waals surface area contributed by atoms with Crippen molar-refractivity contribution < 1.29 is 0 Å². The van der Waals surface area contributed by atoms with Crippen LogP contribution in [0.4, 0.5) is 5.95 Å². The minimum absolute atomic E-state index is 0.748. The van der Waals surface area contributed by atoms with E-state index in [1.54, 1.807) is 0 Å². The summed E-state index contributed by atoms with van der Waals surface area (Å²) in [6.07, 6.45) is 3.61. The van der Waals surface area contributed by atoms with Gasteiger partial charge in [0.15, 0.2) is 0 Å². The maximum Gasteiger partial charge on any atom is 0.218 e. The second kappa shape index (κ2) is 4.99. The molecule has 0 amide bonds. The zero-order valence-electron chi connectivity index (χ0n) is 9.61. The number of unbranched alkanes of at least 4 members (excludes halogenated alkanes) is 2. The van der Waals surface area contributed by atoms with Crippen LogP contribution >= 0.6 is 0 Å². The molecule has 0 aliphatic heterocycles. The van der Waals surface area contributed by atoms with Crippen LogP contribution in [0.25, 0.3) is 11.0 Å². The third-order valence-corrected chi connectivity index (χ3v) is 2.77. The van der Waals surface area contributed by atoms with E-state index in [0.29, 0.717) is 0 Å². The van der Waals surface area contributed by atoms with Crippen LogP contribution in [0, 0.1) is 0 Å². The Morgan fingerprint density at radius 2 is 2.12 bits per heavy atom. The van der Waals surface area contributed by atoms with Crippen LogP contribution in [0.15, 0.2) is 24.3 Å². The normalized spacial score (nSPS) is 10.9. The van der Waals surface area contributed by atoms with Crippen molar-refractivity contribution in [3.05, 3.63) is 24.3 Å². The van der Waals surface area contributed by atoms with E-state index < -0.39 is 0 Å². The monoisotopic (exact) mass is 218 g/mol. The molecule has 0 unspecified atom stereocenters. The lowest BCUT2D eigenvalue weighted by atomic mass is 10.2. The Kier molecular flexibility index (Phi) is 3.41. The van der Waals surface area contributed by atoms with E-state index in [2.05, 4.69) is 28.0 Å². The number of nitrogens with two attached hydrogens (primary N) is 1. The number of nitrogen functional groups attached to an aromatic ring is 1. The van der Waals surface area contributed by atoms with Crippen LogP contribution in [0.5, 0.6) is 0 Å². The zero-order valence-corrected chi connectivity index (χ0v) is 9.61. The molecule has 86 valence electrons. The number of anilines is 1.